The highest BCUT2D eigenvalue weighted by atomic mass is 127. The van der Waals surface area contributed by atoms with Crippen molar-refractivity contribution in [2.45, 2.75) is 0 Å². The Kier molecular flexibility index (Phi) is 5.21. The Hall–Kier alpha value is -1.08. The van der Waals surface area contributed by atoms with E-state index in [1.807, 2.05) is 48.5 Å². The fraction of sp³-hybridized carbons (Fsp3) is 0.0714. The summed E-state index contributed by atoms with van der Waals surface area (Å²) in [5, 5.41) is 2.81. The van der Waals surface area contributed by atoms with Gasteiger partial charge in [0.15, 0.2) is 6.61 Å². The van der Waals surface area contributed by atoms with Crippen molar-refractivity contribution >= 4 is 50.1 Å². The maximum atomic E-state index is 11.8. The van der Waals surface area contributed by atoms with Crippen molar-refractivity contribution in [2.24, 2.45) is 0 Å². The van der Waals surface area contributed by atoms with Gasteiger partial charge < -0.3 is 10.1 Å². The molecule has 0 aliphatic heterocycles. The standard InChI is InChI=1S/C14H11BrINO2/c15-10-5-1-4-8-13(10)19-9-14(18)17-12-7-3-2-6-11(12)16/h1-8H,9H2,(H,17,18). The molecule has 0 radical (unpaired) electrons. The molecule has 0 heterocycles. The largest absolute Gasteiger partial charge is 0.483 e. The van der Waals surface area contributed by atoms with Gasteiger partial charge in [-0.05, 0) is 62.8 Å². The summed E-state index contributed by atoms with van der Waals surface area (Å²) >= 11 is 5.54. The van der Waals surface area contributed by atoms with Crippen molar-refractivity contribution in [1.29, 1.82) is 0 Å². The third-order valence-corrected chi connectivity index (χ3v) is 3.94. The molecule has 1 amide bonds. The van der Waals surface area contributed by atoms with Gasteiger partial charge in [0.1, 0.15) is 5.75 Å². The smallest absolute Gasteiger partial charge is 0.262 e. The molecule has 0 saturated heterocycles. The summed E-state index contributed by atoms with van der Waals surface area (Å²) in [6, 6.07) is 15.0. The topological polar surface area (TPSA) is 38.3 Å². The lowest BCUT2D eigenvalue weighted by Crippen LogP contribution is -2.20. The van der Waals surface area contributed by atoms with Crippen molar-refractivity contribution in [2.75, 3.05) is 11.9 Å². The monoisotopic (exact) mass is 431 g/mol. The van der Waals surface area contributed by atoms with Crippen LogP contribution in [-0.4, -0.2) is 12.5 Å². The molecule has 0 aromatic heterocycles. The van der Waals surface area contributed by atoms with E-state index >= 15 is 0 Å². The summed E-state index contributed by atoms with van der Waals surface area (Å²) in [7, 11) is 0. The van der Waals surface area contributed by atoms with E-state index in [-0.39, 0.29) is 12.5 Å². The molecule has 1 N–H and O–H groups in total. The van der Waals surface area contributed by atoms with E-state index in [1.54, 1.807) is 0 Å². The van der Waals surface area contributed by atoms with E-state index in [9.17, 15) is 4.79 Å². The van der Waals surface area contributed by atoms with Crippen LogP contribution in [0.2, 0.25) is 0 Å². The molecule has 0 saturated carbocycles. The van der Waals surface area contributed by atoms with Gasteiger partial charge in [0.05, 0.1) is 10.2 Å². The van der Waals surface area contributed by atoms with E-state index in [2.05, 4.69) is 43.8 Å². The number of benzene rings is 2. The molecular weight excluding hydrogens is 421 g/mol. The number of carbonyl (C=O) groups is 1. The summed E-state index contributed by atoms with van der Waals surface area (Å²) < 4.78 is 7.27. The van der Waals surface area contributed by atoms with Crippen LogP contribution in [0.25, 0.3) is 0 Å². The summed E-state index contributed by atoms with van der Waals surface area (Å²) in [5.41, 5.74) is 0.795. The van der Waals surface area contributed by atoms with Crippen molar-refractivity contribution in [1.82, 2.24) is 0 Å². The average Bonchev–Trinajstić information content (AvgIpc) is 2.40. The molecule has 98 valence electrons. The van der Waals surface area contributed by atoms with E-state index in [1.165, 1.54) is 0 Å². The van der Waals surface area contributed by atoms with Crippen LogP contribution in [0.15, 0.2) is 53.0 Å². The third kappa shape index (κ3) is 4.21. The van der Waals surface area contributed by atoms with E-state index < -0.39 is 0 Å². The second kappa shape index (κ2) is 6.91. The molecule has 2 rings (SSSR count). The molecule has 0 aliphatic carbocycles. The first-order valence-electron chi connectivity index (χ1n) is 5.58. The van der Waals surface area contributed by atoms with Crippen LogP contribution in [0, 0.1) is 3.57 Å². The quantitative estimate of drug-likeness (QED) is 0.741. The molecule has 19 heavy (non-hydrogen) atoms. The van der Waals surface area contributed by atoms with Gasteiger partial charge >= 0.3 is 0 Å². The van der Waals surface area contributed by atoms with Crippen LogP contribution in [-0.2, 0) is 4.79 Å². The Morgan fingerprint density at radius 1 is 1.16 bits per heavy atom. The van der Waals surface area contributed by atoms with Gasteiger partial charge in [-0.3, -0.25) is 4.79 Å². The normalized spacial score (nSPS) is 10.0. The van der Waals surface area contributed by atoms with Gasteiger partial charge in [-0.15, -0.1) is 0 Å². The molecule has 0 bridgehead atoms. The highest BCUT2D eigenvalue weighted by Crippen LogP contribution is 2.23. The van der Waals surface area contributed by atoms with Gasteiger partial charge in [-0.1, -0.05) is 24.3 Å². The second-order valence-electron chi connectivity index (χ2n) is 3.75. The average molecular weight is 432 g/mol. The van der Waals surface area contributed by atoms with E-state index in [0.29, 0.717) is 5.75 Å². The Labute approximate surface area is 133 Å². The minimum absolute atomic E-state index is 0.0203. The molecule has 2 aromatic rings. The molecule has 0 fully saturated rings. The zero-order valence-corrected chi connectivity index (χ0v) is 13.6. The van der Waals surface area contributed by atoms with Gasteiger partial charge in [-0.25, -0.2) is 0 Å². The maximum absolute atomic E-state index is 11.8. The SMILES string of the molecule is O=C(COc1ccccc1Br)Nc1ccccc1I. The molecule has 2 aromatic carbocycles. The highest BCUT2D eigenvalue weighted by molar-refractivity contribution is 14.1. The number of para-hydroxylation sites is 2. The number of nitrogens with one attached hydrogen (secondary N) is 1. The van der Waals surface area contributed by atoms with Crippen LogP contribution in [0.4, 0.5) is 5.69 Å². The zero-order chi connectivity index (χ0) is 13.7. The number of anilines is 1. The number of amides is 1. The molecule has 0 unspecified atom stereocenters. The Morgan fingerprint density at radius 3 is 2.58 bits per heavy atom. The molecular formula is C14H11BrINO2. The number of halogens is 2. The Morgan fingerprint density at radius 2 is 1.84 bits per heavy atom. The lowest BCUT2D eigenvalue weighted by molar-refractivity contribution is -0.118. The number of carbonyl (C=O) groups excluding carboxylic acids is 1. The highest BCUT2D eigenvalue weighted by Gasteiger charge is 2.07. The lowest BCUT2D eigenvalue weighted by Gasteiger charge is -2.09. The van der Waals surface area contributed by atoms with Crippen LogP contribution in [0.1, 0.15) is 0 Å². The zero-order valence-electron chi connectivity index (χ0n) is 9.90. The third-order valence-electron chi connectivity index (χ3n) is 2.34. The summed E-state index contributed by atoms with van der Waals surface area (Å²) in [4.78, 5) is 11.8. The lowest BCUT2D eigenvalue weighted by atomic mass is 10.3. The fourth-order valence-electron chi connectivity index (χ4n) is 1.45. The van der Waals surface area contributed by atoms with Crippen molar-refractivity contribution in [3.63, 3.8) is 0 Å². The van der Waals surface area contributed by atoms with Crippen LogP contribution >= 0.6 is 38.5 Å². The van der Waals surface area contributed by atoms with Gasteiger partial charge in [-0.2, -0.15) is 0 Å². The van der Waals surface area contributed by atoms with Crippen molar-refractivity contribution in [3.05, 3.63) is 56.6 Å². The fourth-order valence-corrected chi connectivity index (χ4v) is 2.38. The van der Waals surface area contributed by atoms with Crippen molar-refractivity contribution in [3.8, 4) is 5.75 Å². The van der Waals surface area contributed by atoms with Crippen LogP contribution in [0.5, 0.6) is 5.75 Å². The summed E-state index contributed by atoms with van der Waals surface area (Å²) in [6.07, 6.45) is 0. The predicted octanol–water partition coefficient (Wildman–Crippen LogP) is 4.07. The Balaban J connectivity index is 1.92. The molecule has 5 heteroatoms. The molecule has 0 spiro atoms. The van der Waals surface area contributed by atoms with Gasteiger partial charge in [0.2, 0.25) is 0 Å². The van der Waals surface area contributed by atoms with Gasteiger partial charge in [0, 0.05) is 3.57 Å². The molecule has 3 nitrogen and oxygen atoms in total. The summed E-state index contributed by atoms with van der Waals surface area (Å²) in [6.45, 7) is -0.0203. The van der Waals surface area contributed by atoms with Gasteiger partial charge in [0.25, 0.3) is 5.91 Å². The van der Waals surface area contributed by atoms with E-state index in [0.717, 1.165) is 13.7 Å². The minimum Gasteiger partial charge on any atom is -0.483 e. The first-order valence-corrected chi connectivity index (χ1v) is 7.45. The molecule has 0 aliphatic rings. The predicted molar refractivity (Wildman–Crippen MR) is 87.4 cm³/mol. The number of rotatable bonds is 4. The van der Waals surface area contributed by atoms with E-state index in [4.69, 9.17) is 4.74 Å². The molecule has 0 atom stereocenters. The Bertz CT molecular complexity index is 589. The number of hydrogen-bond acceptors (Lipinski definition) is 2. The summed E-state index contributed by atoms with van der Waals surface area (Å²) in [5.74, 6) is 0.472. The first kappa shape index (κ1) is 14.3. The van der Waals surface area contributed by atoms with Crippen molar-refractivity contribution < 1.29 is 9.53 Å². The first-order chi connectivity index (χ1) is 9.16. The minimum atomic E-state index is -0.181. The van der Waals surface area contributed by atoms with Crippen LogP contribution < -0.4 is 10.1 Å². The number of ether oxygens (including phenoxy) is 1. The maximum Gasteiger partial charge on any atom is 0.262 e. The number of hydrogen-bond donors (Lipinski definition) is 1. The van der Waals surface area contributed by atoms with Crippen LogP contribution in [0.3, 0.4) is 0 Å². The second-order valence-corrected chi connectivity index (χ2v) is 5.76.